The van der Waals surface area contributed by atoms with E-state index in [1.807, 2.05) is 0 Å². The van der Waals surface area contributed by atoms with Gasteiger partial charge in [0.1, 0.15) is 5.75 Å². The summed E-state index contributed by atoms with van der Waals surface area (Å²) in [5, 5.41) is 1.51. The van der Waals surface area contributed by atoms with E-state index in [0.29, 0.717) is 0 Å². The molecule has 0 aliphatic rings. The molecule has 0 N–H and O–H groups in total. The van der Waals surface area contributed by atoms with Crippen molar-refractivity contribution in [3.8, 4) is 28.0 Å². The molecule has 0 aliphatic heterocycles. The Kier molecular flexibility index (Phi) is 7.32. The highest BCUT2D eigenvalue weighted by molar-refractivity contribution is 6.88. The third-order valence-electron chi connectivity index (χ3n) is 5.42. The molecule has 3 rings (SSSR count). The Balaban J connectivity index is 1.62. The third kappa shape index (κ3) is 6.07. The lowest BCUT2D eigenvalue weighted by molar-refractivity contribution is 0.305. The second kappa shape index (κ2) is 9.93. The van der Waals surface area contributed by atoms with Gasteiger partial charge in [0.15, 0.2) is 0 Å². The fraction of sp³-hybridized carbons (Fsp3) is 0.333. The molecule has 29 heavy (non-hydrogen) atoms. The molecular weight excluding hydrogens is 368 g/mol. The normalized spacial score (nSPS) is 11.4. The van der Waals surface area contributed by atoms with Crippen molar-refractivity contribution in [2.75, 3.05) is 6.61 Å². The third-order valence-corrected chi connectivity index (χ3v) is 7.49. The Hall–Kier alpha value is -2.32. The summed E-state index contributed by atoms with van der Waals surface area (Å²) in [6.07, 6.45) is 4.94. The molecule has 0 amide bonds. The van der Waals surface area contributed by atoms with Crippen LogP contribution in [-0.4, -0.2) is 14.7 Å². The van der Waals surface area contributed by atoms with E-state index in [9.17, 15) is 0 Å². The van der Waals surface area contributed by atoms with Crippen molar-refractivity contribution >= 4 is 13.3 Å². The minimum absolute atomic E-state index is 0.810. The Morgan fingerprint density at radius 2 is 1.03 bits per heavy atom. The lowest BCUT2D eigenvalue weighted by Gasteiger charge is -2.16. The average Bonchev–Trinajstić information content (AvgIpc) is 2.74. The first kappa shape index (κ1) is 21.4. The van der Waals surface area contributed by atoms with Gasteiger partial charge in [-0.3, -0.25) is 0 Å². The summed E-state index contributed by atoms with van der Waals surface area (Å²) in [5.74, 6) is 0.962. The van der Waals surface area contributed by atoms with Crippen LogP contribution in [0.2, 0.25) is 19.6 Å². The maximum atomic E-state index is 5.86. The Morgan fingerprint density at radius 3 is 1.48 bits per heavy atom. The molecule has 0 bridgehead atoms. The van der Waals surface area contributed by atoms with Gasteiger partial charge in [-0.1, -0.05) is 112 Å². The van der Waals surface area contributed by atoms with Crippen molar-refractivity contribution in [2.45, 2.75) is 52.2 Å². The maximum absolute atomic E-state index is 5.86. The first-order valence-corrected chi connectivity index (χ1v) is 14.4. The fourth-order valence-electron chi connectivity index (χ4n) is 3.48. The standard InChI is InChI=1S/C27H34OSi/c1-5-6-7-8-21-28-26-17-13-24(14-18-26)22-9-11-23(12-10-22)25-15-19-27(20-16-25)29(2,3)4/h9-20H,5-8,21H2,1-4H3. The minimum Gasteiger partial charge on any atom is -0.494 e. The van der Waals surface area contributed by atoms with E-state index in [-0.39, 0.29) is 0 Å². The van der Waals surface area contributed by atoms with Crippen molar-refractivity contribution in [3.63, 3.8) is 0 Å². The van der Waals surface area contributed by atoms with Crippen molar-refractivity contribution in [3.05, 3.63) is 72.8 Å². The van der Waals surface area contributed by atoms with Crippen molar-refractivity contribution in [2.24, 2.45) is 0 Å². The number of hydrogen-bond acceptors (Lipinski definition) is 1. The summed E-state index contributed by atoms with van der Waals surface area (Å²) in [4.78, 5) is 0. The van der Waals surface area contributed by atoms with Gasteiger partial charge in [-0.05, 0) is 40.8 Å². The molecule has 0 heterocycles. The zero-order chi connectivity index (χ0) is 20.7. The van der Waals surface area contributed by atoms with Crippen LogP contribution in [0.1, 0.15) is 32.6 Å². The van der Waals surface area contributed by atoms with Crippen LogP contribution in [0.15, 0.2) is 72.8 Å². The van der Waals surface area contributed by atoms with Crippen LogP contribution in [0, 0.1) is 0 Å². The van der Waals surface area contributed by atoms with Crippen LogP contribution >= 0.6 is 0 Å². The van der Waals surface area contributed by atoms with Gasteiger partial charge < -0.3 is 4.74 Å². The highest BCUT2D eigenvalue weighted by Crippen LogP contribution is 2.26. The highest BCUT2D eigenvalue weighted by atomic mass is 28.3. The van der Waals surface area contributed by atoms with Gasteiger partial charge in [0.2, 0.25) is 0 Å². The van der Waals surface area contributed by atoms with Gasteiger partial charge in [0.25, 0.3) is 0 Å². The van der Waals surface area contributed by atoms with E-state index >= 15 is 0 Å². The van der Waals surface area contributed by atoms with Gasteiger partial charge in [0, 0.05) is 0 Å². The number of benzene rings is 3. The van der Waals surface area contributed by atoms with Crippen LogP contribution in [0.25, 0.3) is 22.3 Å². The molecule has 0 atom stereocenters. The zero-order valence-electron chi connectivity index (χ0n) is 18.4. The number of unbranched alkanes of at least 4 members (excludes halogenated alkanes) is 3. The van der Waals surface area contributed by atoms with Gasteiger partial charge >= 0.3 is 0 Å². The van der Waals surface area contributed by atoms with Gasteiger partial charge in [-0.2, -0.15) is 0 Å². The molecule has 0 aromatic heterocycles. The summed E-state index contributed by atoms with van der Waals surface area (Å²) in [6.45, 7) is 10.2. The average molecular weight is 403 g/mol. The van der Waals surface area contributed by atoms with Gasteiger partial charge in [0.05, 0.1) is 14.7 Å². The molecule has 0 saturated carbocycles. The van der Waals surface area contributed by atoms with Crippen molar-refractivity contribution < 1.29 is 4.74 Å². The van der Waals surface area contributed by atoms with E-state index in [2.05, 4.69) is 99.4 Å². The minimum atomic E-state index is -1.24. The maximum Gasteiger partial charge on any atom is 0.119 e. The van der Waals surface area contributed by atoms with Crippen LogP contribution in [0.3, 0.4) is 0 Å². The van der Waals surface area contributed by atoms with Crippen LogP contribution in [-0.2, 0) is 0 Å². The molecule has 0 unspecified atom stereocenters. The van der Waals surface area contributed by atoms with E-state index in [1.165, 1.54) is 46.7 Å². The Morgan fingerprint density at radius 1 is 0.586 bits per heavy atom. The molecular formula is C27H34OSi. The molecule has 152 valence electrons. The molecule has 3 aromatic rings. The lowest BCUT2D eigenvalue weighted by atomic mass is 10.0. The summed E-state index contributed by atoms with van der Waals surface area (Å²) < 4.78 is 5.86. The van der Waals surface area contributed by atoms with Crippen LogP contribution in [0.5, 0.6) is 5.75 Å². The van der Waals surface area contributed by atoms with Crippen LogP contribution in [0.4, 0.5) is 0 Å². The fourth-order valence-corrected chi connectivity index (χ4v) is 4.65. The summed E-state index contributed by atoms with van der Waals surface area (Å²) in [6, 6.07) is 26.4. The van der Waals surface area contributed by atoms with Crippen molar-refractivity contribution in [1.82, 2.24) is 0 Å². The molecule has 0 spiro atoms. The van der Waals surface area contributed by atoms with E-state index in [1.54, 1.807) is 0 Å². The molecule has 0 radical (unpaired) electrons. The van der Waals surface area contributed by atoms with Gasteiger partial charge in [-0.15, -0.1) is 0 Å². The smallest absolute Gasteiger partial charge is 0.119 e. The number of rotatable bonds is 9. The number of hydrogen-bond donors (Lipinski definition) is 0. The van der Waals surface area contributed by atoms with E-state index in [0.717, 1.165) is 18.8 Å². The predicted molar refractivity (Wildman–Crippen MR) is 130 cm³/mol. The lowest BCUT2D eigenvalue weighted by Crippen LogP contribution is -2.37. The highest BCUT2D eigenvalue weighted by Gasteiger charge is 2.15. The predicted octanol–water partition coefficient (Wildman–Crippen LogP) is 7.52. The zero-order valence-corrected chi connectivity index (χ0v) is 19.4. The second-order valence-corrected chi connectivity index (χ2v) is 13.9. The molecule has 3 aromatic carbocycles. The van der Waals surface area contributed by atoms with Gasteiger partial charge in [-0.25, -0.2) is 0 Å². The Bertz CT molecular complexity index is 872. The SMILES string of the molecule is CCCCCCOc1ccc(-c2ccc(-c3ccc([Si](C)(C)C)cc3)cc2)cc1. The second-order valence-electron chi connectivity index (χ2n) is 8.84. The first-order valence-electron chi connectivity index (χ1n) is 10.9. The molecule has 0 saturated heterocycles. The van der Waals surface area contributed by atoms with Crippen molar-refractivity contribution in [1.29, 1.82) is 0 Å². The Labute approximate surface area is 177 Å². The van der Waals surface area contributed by atoms with E-state index in [4.69, 9.17) is 4.74 Å². The monoisotopic (exact) mass is 402 g/mol. The molecule has 0 aliphatic carbocycles. The quantitative estimate of drug-likeness (QED) is 0.265. The molecule has 1 nitrogen and oxygen atoms in total. The first-order chi connectivity index (χ1) is 14.0. The van der Waals surface area contributed by atoms with Crippen LogP contribution < -0.4 is 9.92 Å². The largest absolute Gasteiger partial charge is 0.494 e. The summed E-state index contributed by atoms with van der Waals surface area (Å²) in [5.41, 5.74) is 5.01. The summed E-state index contributed by atoms with van der Waals surface area (Å²) >= 11 is 0. The topological polar surface area (TPSA) is 9.23 Å². The molecule has 2 heteroatoms. The van der Waals surface area contributed by atoms with E-state index < -0.39 is 8.07 Å². The number of ether oxygens (including phenoxy) is 1. The molecule has 0 fully saturated rings. The summed E-state index contributed by atoms with van der Waals surface area (Å²) in [7, 11) is -1.24.